The predicted molar refractivity (Wildman–Crippen MR) is 277 cm³/mol. The van der Waals surface area contributed by atoms with Gasteiger partial charge in [0.15, 0.2) is 0 Å². The summed E-state index contributed by atoms with van der Waals surface area (Å²) in [6.45, 7) is 0. The second kappa shape index (κ2) is 15.1. The van der Waals surface area contributed by atoms with Crippen molar-refractivity contribution in [1.29, 1.82) is 0 Å². The van der Waals surface area contributed by atoms with E-state index in [1.807, 2.05) is 11.3 Å². The van der Waals surface area contributed by atoms with Gasteiger partial charge in [-0.15, -0.1) is 11.3 Å². The van der Waals surface area contributed by atoms with E-state index >= 15 is 0 Å². The minimum absolute atomic E-state index is 0.506. The molecule has 304 valence electrons. The van der Waals surface area contributed by atoms with Gasteiger partial charge in [0.1, 0.15) is 0 Å². The molecule has 0 fully saturated rings. The quantitative estimate of drug-likeness (QED) is 0.145. The van der Waals surface area contributed by atoms with Crippen molar-refractivity contribution in [2.45, 2.75) is 5.41 Å². The van der Waals surface area contributed by atoms with E-state index in [0.717, 1.165) is 17.1 Å². The monoisotopic (exact) mass is 843 g/mol. The highest BCUT2D eigenvalue weighted by Crippen LogP contribution is 2.56. The van der Waals surface area contributed by atoms with Gasteiger partial charge in [0.25, 0.3) is 0 Å². The van der Waals surface area contributed by atoms with Crippen LogP contribution in [0.15, 0.2) is 249 Å². The summed E-state index contributed by atoms with van der Waals surface area (Å²) in [5, 5.41) is 7.81. The van der Waals surface area contributed by atoms with Gasteiger partial charge >= 0.3 is 0 Å². The zero-order valence-corrected chi connectivity index (χ0v) is 36.3. The molecule has 12 aromatic rings. The Morgan fingerprint density at radius 2 is 0.877 bits per heavy atom. The van der Waals surface area contributed by atoms with Crippen LogP contribution in [0.4, 0.5) is 17.1 Å². The number of hydrogen-bond donors (Lipinski definition) is 0. The maximum Gasteiger partial charge on any atom is 0.0714 e. The van der Waals surface area contributed by atoms with E-state index in [9.17, 15) is 0 Å². The normalized spacial score (nSPS) is 12.7. The van der Waals surface area contributed by atoms with E-state index in [2.05, 4.69) is 254 Å². The minimum Gasteiger partial charge on any atom is -0.310 e. The summed E-state index contributed by atoms with van der Waals surface area (Å²) in [5.74, 6) is 0. The number of hydrogen-bond acceptors (Lipinski definition) is 2. The molecule has 0 spiro atoms. The maximum atomic E-state index is 2.43. The largest absolute Gasteiger partial charge is 0.310 e. The highest BCUT2D eigenvalue weighted by Gasteiger charge is 2.46. The van der Waals surface area contributed by atoms with Crippen LogP contribution >= 0.6 is 11.3 Å². The maximum absolute atomic E-state index is 2.43. The van der Waals surface area contributed by atoms with Crippen molar-refractivity contribution in [3.8, 4) is 33.4 Å². The molecular formula is C63H41NS. The Kier molecular flexibility index (Phi) is 8.69. The van der Waals surface area contributed by atoms with Gasteiger partial charge in [0.2, 0.25) is 0 Å². The molecule has 0 N–H and O–H groups in total. The summed E-state index contributed by atoms with van der Waals surface area (Å²) < 4.78 is 2.68. The number of benzene rings is 11. The zero-order valence-electron chi connectivity index (χ0n) is 35.5. The van der Waals surface area contributed by atoms with Gasteiger partial charge in [-0.05, 0) is 120 Å². The first-order valence-electron chi connectivity index (χ1n) is 22.4. The van der Waals surface area contributed by atoms with Crippen molar-refractivity contribution < 1.29 is 0 Å². The first kappa shape index (κ1) is 37.5. The number of thiophene rings is 1. The molecule has 0 amide bonds. The van der Waals surface area contributed by atoms with Crippen LogP contribution in [-0.4, -0.2) is 0 Å². The third-order valence-electron chi connectivity index (χ3n) is 13.7. The average Bonchev–Trinajstić information content (AvgIpc) is 3.91. The topological polar surface area (TPSA) is 3.24 Å². The molecule has 2 heteroatoms. The summed E-state index contributed by atoms with van der Waals surface area (Å²) in [7, 11) is 0. The molecular weight excluding hydrogens is 803 g/mol. The molecule has 0 radical (unpaired) electrons. The molecule has 1 aliphatic rings. The third-order valence-corrected chi connectivity index (χ3v) is 14.9. The van der Waals surface area contributed by atoms with Crippen molar-refractivity contribution in [3.63, 3.8) is 0 Å². The number of anilines is 3. The van der Waals surface area contributed by atoms with Gasteiger partial charge in [-0.25, -0.2) is 0 Å². The van der Waals surface area contributed by atoms with E-state index in [4.69, 9.17) is 0 Å². The highest BCUT2D eigenvalue weighted by molar-refractivity contribution is 7.26. The van der Waals surface area contributed by atoms with Gasteiger partial charge in [0.05, 0.1) is 5.41 Å². The standard InChI is InChI=1S/C63H41NS/c1-3-16-42(17-4-1)43-30-34-48(35-31-43)64(50-22-15-21-47(41-50)63(46-19-5-2-6-20-46)58-27-12-9-24-52(58)53-25-10-13-28-59(53)63)49-36-32-44(33-37-49)57-40-45-18-7-8-23-51(45)61-55(57)38-39-56-54-26-11-14-29-60(54)65-62(56)61/h1-41H. The van der Waals surface area contributed by atoms with Gasteiger partial charge in [-0.2, -0.15) is 0 Å². The Balaban J connectivity index is 0.994. The second-order valence-corrected chi connectivity index (χ2v) is 18.2. The van der Waals surface area contributed by atoms with Crippen LogP contribution in [-0.2, 0) is 5.41 Å². The van der Waals surface area contributed by atoms with Crippen LogP contribution in [0.5, 0.6) is 0 Å². The summed E-state index contributed by atoms with van der Waals surface area (Å²) in [6, 6.07) is 92.0. The van der Waals surface area contributed by atoms with Crippen LogP contribution in [0.2, 0.25) is 0 Å². The van der Waals surface area contributed by atoms with Crippen molar-refractivity contribution in [2.24, 2.45) is 0 Å². The third kappa shape index (κ3) is 5.85. The Labute approximate surface area is 382 Å². The molecule has 0 bridgehead atoms. The van der Waals surface area contributed by atoms with Crippen LogP contribution in [0.1, 0.15) is 22.3 Å². The van der Waals surface area contributed by atoms with E-state index < -0.39 is 5.41 Å². The lowest BCUT2D eigenvalue weighted by Gasteiger charge is -2.35. The summed E-state index contributed by atoms with van der Waals surface area (Å²) in [5.41, 5.74) is 15.3. The highest BCUT2D eigenvalue weighted by atomic mass is 32.1. The fraction of sp³-hybridized carbons (Fsp3) is 0.0159. The SMILES string of the molecule is c1ccc(-c2ccc(N(c3ccc(-c4cc5ccccc5c5c4ccc4c6ccccc6sc45)cc3)c3cccc(C4(c5ccccc5)c5ccccc5-c5ccccc54)c3)cc2)cc1. The summed E-state index contributed by atoms with van der Waals surface area (Å²) in [6.07, 6.45) is 0. The van der Waals surface area contributed by atoms with Gasteiger partial charge in [0, 0.05) is 42.6 Å². The molecule has 65 heavy (non-hydrogen) atoms. The molecule has 0 aliphatic heterocycles. The lowest BCUT2D eigenvalue weighted by Crippen LogP contribution is -2.28. The summed E-state index contributed by atoms with van der Waals surface area (Å²) in [4.78, 5) is 2.42. The molecule has 0 atom stereocenters. The number of fused-ring (bicyclic) bond motifs is 10. The van der Waals surface area contributed by atoms with E-state index in [-0.39, 0.29) is 0 Å². The van der Waals surface area contributed by atoms with Crippen LogP contribution in [0.25, 0.3) is 75.1 Å². The molecule has 13 rings (SSSR count). The molecule has 1 nitrogen and oxygen atoms in total. The number of nitrogens with zero attached hydrogens (tertiary/aromatic N) is 1. The molecule has 1 aromatic heterocycles. The first-order valence-corrected chi connectivity index (χ1v) is 23.2. The summed E-state index contributed by atoms with van der Waals surface area (Å²) >= 11 is 1.91. The molecule has 1 aliphatic carbocycles. The van der Waals surface area contributed by atoms with Crippen molar-refractivity contribution >= 4 is 70.1 Å². The van der Waals surface area contributed by atoms with Gasteiger partial charge in [-0.3, -0.25) is 0 Å². The van der Waals surface area contributed by atoms with Crippen LogP contribution < -0.4 is 4.90 Å². The van der Waals surface area contributed by atoms with E-state index in [1.165, 1.54) is 97.4 Å². The molecule has 0 unspecified atom stereocenters. The smallest absolute Gasteiger partial charge is 0.0714 e. The Bertz CT molecular complexity index is 3710. The van der Waals surface area contributed by atoms with E-state index in [1.54, 1.807) is 0 Å². The molecule has 0 saturated carbocycles. The molecule has 0 saturated heterocycles. The lowest BCUT2D eigenvalue weighted by molar-refractivity contribution is 0.768. The Morgan fingerprint density at radius 1 is 0.323 bits per heavy atom. The average molecular weight is 844 g/mol. The lowest BCUT2D eigenvalue weighted by atomic mass is 9.67. The van der Waals surface area contributed by atoms with Crippen LogP contribution in [0, 0.1) is 0 Å². The fourth-order valence-corrected chi connectivity index (χ4v) is 12.1. The van der Waals surface area contributed by atoms with Crippen molar-refractivity contribution in [3.05, 3.63) is 271 Å². The Hall–Kier alpha value is -8.04. The van der Waals surface area contributed by atoms with Crippen LogP contribution in [0.3, 0.4) is 0 Å². The fourth-order valence-electron chi connectivity index (χ4n) is 10.9. The van der Waals surface area contributed by atoms with E-state index in [0.29, 0.717) is 0 Å². The first-order chi connectivity index (χ1) is 32.2. The second-order valence-electron chi connectivity index (χ2n) is 17.2. The van der Waals surface area contributed by atoms with Gasteiger partial charge < -0.3 is 4.90 Å². The number of rotatable bonds is 7. The molecule has 1 heterocycles. The van der Waals surface area contributed by atoms with Crippen molar-refractivity contribution in [1.82, 2.24) is 0 Å². The Morgan fingerprint density at radius 3 is 1.60 bits per heavy atom. The minimum atomic E-state index is -0.506. The zero-order chi connectivity index (χ0) is 42.9. The van der Waals surface area contributed by atoms with Crippen molar-refractivity contribution in [2.75, 3.05) is 4.90 Å². The van der Waals surface area contributed by atoms with Gasteiger partial charge in [-0.1, -0.05) is 200 Å². The molecule has 11 aromatic carbocycles. The predicted octanol–water partition coefficient (Wildman–Crippen LogP) is 17.5.